The molecular formula is C15H12ClF2N3OS. The van der Waals surface area contributed by atoms with Crippen LogP contribution in [0.25, 0.3) is 0 Å². The molecule has 0 aliphatic carbocycles. The van der Waals surface area contributed by atoms with Crippen molar-refractivity contribution in [3.05, 3.63) is 64.7 Å². The van der Waals surface area contributed by atoms with Gasteiger partial charge in [-0.1, -0.05) is 23.7 Å². The highest BCUT2D eigenvalue weighted by molar-refractivity contribution is 7.80. The van der Waals surface area contributed by atoms with Gasteiger partial charge in [-0.2, -0.15) is 0 Å². The van der Waals surface area contributed by atoms with Crippen LogP contribution in [0.2, 0.25) is 5.02 Å². The van der Waals surface area contributed by atoms with Gasteiger partial charge in [0.25, 0.3) is 0 Å². The van der Waals surface area contributed by atoms with Gasteiger partial charge < -0.3 is 5.32 Å². The van der Waals surface area contributed by atoms with Gasteiger partial charge in [-0.05, 0) is 42.5 Å². The van der Waals surface area contributed by atoms with Gasteiger partial charge in [-0.25, -0.2) is 8.78 Å². The van der Waals surface area contributed by atoms with Crippen molar-refractivity contribution in [3.63, 3.8) is 0 Å². The zero-order chi connectivity index (χ0) is 16.8. The van der Waals surface area contributed by atoms with Crippen LogP contribution in [0.3, 0.4) is 0 Å². The molecule has 3 N–H and O–H groups in total. The fourth-order valence-corrected chi connectivity index (χ4v) is 2.16. The van der Waals surface area contributed by atoms with Gasteiger partial charge in [0.1, 0.15) is 11.6 Å². The Morgan fingerprint density at radius 3 is 2.57 bits per heavy atom. The van der Waals surface area contributed by atoms with Crippen molar-refractivity contribution in [3.8, 4) is 0 Å². The molecule has 0 fully saturated rings. The van der Waals surface area contributed by atoms with E-state index >= 15 is 0 Å². The summed E-state index contributed by atoms with van der Waals surface area (Å²) in [5, 5.41) is 2.92. The van der Waals surface area contributed by atoms with E-state index in [1.165, 1.54) is 36.4 Å². The van der Waals surface area contributed by atoms with Gasteiger partial charge in [0.2, 0.25) is 5.91 Å². The van der Waals surface area contributed by atoms with E-state index in [-0.39, 0.29) is 22.1 Å². The average molecular weight is 356 g/mol. The van der Waals surface area contributed by atoms with E-state index in [2.05, 4.69) is 16.2 Å². The lowest BCUT2D eigenvalue weighted by Gasteiger charge is -2.12. The molecule has 0 radical (unpaired) electrons. The van der Waals surface area contributed by atoms with E-state index in [4.69, 9.17) is 23.8 Å². The molecule has 8 heteroatoms. The molecule has 2 aromatic rings. The van der Waals surface area contributed by atoms with Crippen LogP contribution < -0.4 is 16.2 Å². The number of anilines is 1. The van der Waals surface area contributed by atoms with E-state index in [0.29, 0.717) is 5.69 Å². The van der Waals surface area contributed by atoms with Crippen LogP contribution in [0.5, 0.6) is 0 Å². The number of nitrogens with one attached hydrogen (secondary N) is 3. The first kappa shape index (κ1) is 17.1. The van der Waals surface area contributed by atoms with Crippen molar-refractivity contribution < 1.29 is 13.6 Å². The molecule has 0 unspecified atom stereocenters. The van der Waals surface area contributed by atoms with Gasteiger partial charge in [-0.15, -0.1) is 0 Å². The second kappa shape index (κ2) is 7.85. The zero-order valence-electron chi connectivity index (χ0n) is 11.7. The third-order valence-corrected chi connectivity index (χ3v) is 3.36. The summed E-state index contributed by atoms with van der Waals surface area (Å²) in [6, 6.07) is 9.83. The van der Waals surface area contributed by atoms with Crippen molar-refractivity contribution in [2.45, 2.75) is 6.42 Å². The van der Waals surface area contributed by atoms with E-state index in [0.717, 1.165) is 0 Å². The summed E-state index contributed by atoms with van der Waals surface area (Å²) in [7, 11) is 0. The summed E-state index contributed by atoms with van der Waals surface area (Å²) in [6.07, 6.45) is -0.249. The zero-order valence-corrected chi connectivity index (χ0v) is 13.3. The van der Waals surface area contributed by atoms with Crippen LogP contribution in [0.4, 0.5) is 14.5 Å². The van der Waals surface area contributed by atoms with Crippen LogP contribution >= 0.6 is 23.8 Å². The van der Waals surface area contributed by atoms with E-state index < -0.39 is 17.5 Å². The Balaban J connectivity index is 1.85. The van der Waals surface area contributed by atoms with Crippen LogP contribution in [0.15, 0.2) is 42.5 Å². The van der Waals surface area contributed by atoms with Crippen molar-refractivity contribution in [2.24, 2.45) is 0 Å². The topological polar surface area (TPSA) is 53.2 Å². The molecule has 0 saturated heterocycles. The maximum absolute atomic E-state index is 13.6. The van der Waals surface area contributed by atoms with E-state index in [9.17, 15) is 13.6 Å². The normalized spacial score (nSPS) is 10.0. The predicted octanol–water partition coefficient (Wildman–Crippen LogP) is 3.18. The molecule has 120 valence electrons. The number of carbonyl (C=O) groups is 1. The molecule has 4 nitrogen and oxygen atoms in total. The second-order valence-electron chi connectivity index (χ2n) is 4.51. The highest BCUT2D eigenvalue weighted by Gasteiger charge is 2.12. The molecule has 0 spiro atoms. The minimum atomic E-state index is -0.562. The number of halogens is 3. The molecule has 0 aliphatic rings. The standard InChI is InChI=1S/C15H12ClF2N3OS/c16-12-5-2-6-13(18)11(12)8-14(22)20-21-15(23)19-10-4-1-3-9(17)7-10/h1-7H,8H2,(H,20,22)(H2,19,21,23). The van der Waals surface area contributed by atoms with Crippen LogP contribution in [0, 0.1) is 11.6 Å². The Morgan fingerprint density at radius 2 is 1.87 bits per heavy atom. The highest BCUT2D eigenvalue weighted by Crippen LogP contribution is 2.19. The Labute approximate surface area is 141 Å². The van der Waals surface area contributed by atoms with Gasteiger partial charge in [0.05, 0.1) is 6.42 Å². The number of benzene rings is 2. The third-order valence-electron chi connectivity index (χ3n) is 2.80. The maximum atomic E-state index is 13.6. The lowest BCUT2D eigenvalue weighted by molar-refractivity contribution is -0.121. The summed E-state index contributed by atoms with van der Waals surface area (Å²) in [6.45, 7) is 0. The van der Waals surface area contributed by atoms with Gasteiger partial charge in [0.15, 0.2) is 5.11 Å². The number of hydrogen-bond acceptors (Lipinski definition) is 2. The lowest BCUT2D eigenvalue weighted by atomic mass is 10.1. The Kier molecular flexibility index (Phi) is 5.84. The van der Waals surface area contributed by atoms with Crippen molar-refractivity contribution in [2.75, 3.05) is 5.32 Å². The molecular weight excluding hydrogens is 344 g/mol. The number of rotatable bonds is 3. The van der Waals surface area contributed by atoms with Crippen molar-refractivity contribution in [1.82, 2.24) is 10.9 Å². The summed E-state index contributed by atoms with van der Waals surface area (Å²) in [5.74, 6) is -1.51. The molecule has 0 bridgehead atoms. The molecule has 0 aliphatic heterocycles. The average Bonchev–Trinajstić information content (AvgIpc) is 2.49. The fraction of sp³-hybridized carbons (Fsp3) is 0.0667. The molecule has 23 heavy (non-hydrogen) atoms. The van der Waals surface area contributed by atoms with Gasteiger partial charge >= 0.3 is 0 Å². The van der Waals surface area contributed by atoms with E-state index in [1.54, 1.807) is 6.07 Å². The largest absolute Gasteiger partial charge is 0.331 e. The number of hydrazine groups is 1. The summed E-state index contributed by atoms with van der Waals surface area (Å²) >= 11 is 10.8. The fourth-order valence-electron chi connectivity index (χ4n) is 1.76. The predicted molar refractivity (Wildman–Crippen MR) is 89.0 cm³/mol. The Hall–Kier alpha value is -2.25. The van der Waals surface area contributed by atoms with Crippen LogP contribution in [-0.2, 0) is 11.2 Å². The maximum Gasteiger partial charge on any atom is 0.242 e. The number of hydrogen-bond donors (Lipinski definition) is 3. The van der Waals surface area contributed by atoms with E-state index in [1.807, 2.05) is 0 Å². The molecule has 2 rings (SSSR count). The SMILES string of the molecule is O=C(Cc1c(F)cccc1Cl)NNC(=S)Nc1cccc(F)c1. The summed E-state index contributed by atoms with van der Waals surface area (Å²) in [4.78, 5) is 11.8. The monoisotopic (exact) mass is 355 g/mol. The molecule has 0 saturated carbocycles. The van der Waals surface area contributed by atoms with Crippen LogP contribution in [-0.4, -0.2) is 11.0 Å². The number of thiocarbonyl (C=S) groups is 1. The Bertz CT molecular complexity index is 722. The first-order chi connectivity index (χ1) is 11.0. The lowest BCUT2D eigenvalue weighted by Crippen LogP contribution is -2.44. The summed E-state index contributed by atoms with van der Waals surface area (Å²) in [5.41, 5.74) is 5.27. The molecule has 1 amide bonds. The number of carbonyl (C=O) groups excluding carboxylic acids is 1. The second-order valence-corrected chi connectivity index (χ2v) is 5.33. The molecule has 0 atom stereocenters. The smallest absolute Gasteiger partial charge is 0.242 e. The van der Waals surface area contributed by atoms with Crippen LogP contribution in [0.1, 0.15) is 5.56 Å². The van der Waals surface area contributed by atoms with Gasteiger partial charge in [-0.3, -0.25) is 15.6 Å². The third kappa shape index (κ3) is 5.15. The summed E-state index contributed by atoms with van der Waals surface area (Å²) < 4.78 is 26.6. The quantitative estimate of drug-likeness (QED) is 0.584. The van der Waals surface area contributed by atoms with Crippen molar-refractivity contribution in [1.29, 1.82) is 0 Å². The van der Waals surface area contributed by atoms with Gasteiger partial charge in [0, 0.05) is 16.3 Å². The molecule has 2 aromatic carbocycles. The Morgan fingerprint density at radius 1 is 1.13 bits per heavy atom. The first-order valence-electron chi connectivity index (χ1n) is 6.50. The first-order valence-corrected chi connectivity index (χ1v) is 7.28. The van der Waals surface area contributed by atoms with Crippen molar-refractivity contribution >= 4 is 40.5 Å². The minimum Gasteiger partial charge on any atom is -0.331 e. The number of amides is 1. The molecule has 0 aromatic heterocycles. The molecule has 0 heterocycles. The minimum absolute atomic E-state index is 0.0589. The highest BCUT2D eigenvalue weighted by atomic mass is 35.5.